The molecular formula is C21H29NO2. The molecule has 1 fully saturated rings. The van der Waals surface area contributed by atoms with Gasteiger partial charge in [-0.05, 0) is 30.7 Å². The van der Waals surface area contributed by atoms with Gasteiger partial charge in [-0.25, -0.2) is 0 Å². The van der Waals surface area contributed by atoms with E-state index in [1.807, 2.05) is 24.3 Å². The van der Waals surface area contributed by atoms with Crippen LogP contribution in [0.5, 0.6) is 0 Å². The number of imide groups is 1. The SMILES string of the molecule is C=CCCCCC(CN1C(=O)CCC1=O)(c1ccccc1)C(C)C. The maximum Gasteiger partial charge on any atom is 0.229 e. The van der Waals surface area contributed by atoms with Crippen LogP contribution in [-0.2, 0) is 15.0 Å². The Morgan fingerprint density at radius 2 is 1.75 bits per heavy atom. The zero-order valence-corrected chi connectivity index (χ0v) is 15.0. The average Bonchev–Trinajstić information content (AvgIpc) is 2.89. The maximum absolute atomic E-state index is 12.2. The summed E-state index contributed by atoms with van der Waals surface area (Å²) in [5.74, 6) is 0.295. The Morgan fingerprint density at radius 3 is 2.29 bits per heavy atom. The minimum atomic E-state index is -0.182. The van der Waals surface area contributed by atoms with Gasteiger partial charge < -0.3 is 0 Å². The van der Waals surface area contributed by atoms with Crippen LogP contribution >= 0.6 is 0 Å². The van der Waals surface area contributed by atoms with Crippen LogP contribution in [0.3, 0.4) is 0 Å². The lowest BCUT2D eigenvalue weighted by Crippen LogP contribution is -2.46. The summed E-state index contributed by atoms with van der Waals surface area (Å²) in [4.78, 5) is 25.9. The van der Waals surface area contributed by atoms with E-state index in [0.717, 1.165) is 25.7 Å². The first-order chi connectivity index (χ1) is 11.5. The minimum Gasteiger partial charge on any atom is -0.282 e. The normalized spacial score (nSPS) is 17.4. The molecule has 0 aromatic heterocycles. The molecule has 130 valence electrons. The Balaban J connectivity index is 2.32. The summed E-state index contributed by atoms with van der Waals surface area (Å²) in [6.07, 6.45) is 6.80. The van der Waals surface area contributed by atoms with E-state index in [2.05, 4.69) is 32.6 Å². The Labute approximate surface area is 145 Å². The highest BCUT2D eigenvalue weighted by Gasteiger charge is 2.41. The Morgan fingerprint density at radius 1 is 1.12 bits per heavy atom. The molecule has 2 amide bonds. The van der Waals surface area contributed by atoms with Crippen molar-refractivity contribution in [3.8, 4) is 0 Å². The molecule has 1 aromatic carbocycles. The molecule has 1 aromatic rings. The van der Waals surface area contributed by atoms with Gasteiger partial charge in [-0.1, -0.05) is 56.7 Å². The van der Waals surface area contributed by atoms with Crippen LogP contribution in [0.25, 0.3) is 0 Å². The number of carbonyl (C=O) groups is 2. The molecule has 0 bridgehead atoms. The van der Waals surface area contributed by atoms with E-state index in [0.29, 0.717) is 25.3 Å². The number of likely N-dealkylation sites (tertiary alicyclic amines) is 1. The maximum atomic E-state index is 12.2. The van der Waals surface area contributed by atoms with E-state index < -0.39 is 0 Å². The monoisotopic (exact) mass is 327 g/mol. The molecule has 1 heterocycles. The van der Waals surface area contributed by atoms with E-state index in [-0.39, 0.29) is 17.2 Å². The molecule has 3 nitrogen and oxygen atoms in total. The van der Waals surface area contributed by atoms with Gasteiger partial charge in [0.25, 0.3) is 0 Å². The fourth-order valence-corrected chi connectivity index (χ4v) is 3.70. The van der Waals surface area contributed by atoms with Crippen LogP contribution in [0.2, 0.25) is 0 Å². The van der Waals surface area contributed by atoms with Gasteiger partial charge in [0, 0.05) is 24.8 Å². The molecule has 0 aliphatic carbocycles. The van der Waals surface area contributed by atoms with E-state index in [1.54, 1.807) is 0 Å². The van der Waals surface area contributed by atoms with Crippen molar-refractivity contribution < 1.29 is 9.59 Å². The highest BCUT2D eigenvalue weighted by Crippen LogP contribution is 2.39. The van der Waals surface area contributed by atoms with E-state index in [9.17, 15) is 9.59 Å². The van der Waals surface area contributed by atoms with Gasteiger partial charge in [-0.3, -0.25) is 14.5 Å². The third kappa shape index (κ3) is 3.95. The van der Waals surface area contributed by atoms with Gasteiger partial charge in [0.05, 0.1) is 0 Å². The molecule has 1 saturated heterocycles. The zero-order valence-electron chi connectivity index (χ0n) is 15.0. The minimum absolute atomic E-state index is 0.0213. The summed E-state index contributed by atoms with van der Waals surface area (Å²) in [6.45, 7) is 8.69. The smallest absolute Gasteiger partial charge is 0.229 e. The average molecular weight is 327 g/mol. The lowest BCUT2D eigenvalue weighted by Gasteiger charge is -2.41. The second-order valence-corrected chi connectivity index (χ2v) is 7.08. The van der Waals surface area contributed by atoms with Crippen molar-refractivity contribution >= 4 is 11.8 Å². The lowest BCUT2D eigenvalue weighted by atomic mass is 9.68. The predicted molar refractivity (Wildman–Crippen MR) is 97.6 cm³/mol. The van der Waals surface area contributed by atoms with Crippen molar-refractivity contribution in [2.75, 3.05) is 6.54 Å². The largest absolute Gasteiger partial charge is 0.282 e. The first-order valence-electron chi connectivity index (χ1n) is 9.01. The third-order valence-electron chi connectivity index (χ3n) is 5.33. The molecule has 0 saturated carbocycles. The predicted octanol–water partition coefficient (Wildman–Crippen LogP) is 4.48. The van der Waals surface area contributed by atoms with Crippen LogP contribution in [0.1, 0.15) is 57.9 Å². The quantitative estimate of drug-likeness (QED) is 0.381. The molecular weight excluding hydrogens is 298 g/mol. The van der Waals surface area contributed by atoms with Crippen molar-refractivity contribution in [2.45, 2.75) is 57.8 Å². The van der Waals surface area contributed by atoms with Crippen LogP contribution in [0.4, 0.5) is 0 Å². The molecule has 3 heteroatoms. The van der Waals surface area contributed by atoms with Crippen LogP contribution in [0.15, 0.2) is 43.0 Å². The molecule has 0 N–H and O–H groups in total. The zero-order chi connectivity index (χ0) is 17.6. The highest BCUT2D eigenvalue weighted by molar-refractivity contribution is 6.02. The Kier molecular flexibility index (Phi) is 6.36. The number of benzene rings is 1. The third-order valence-corrected chi connectivity index (χ3v) is 5.33. The molecule has 0 spiro atoms. The lowest BCUT2D eigenvalue weighted by molar-refractivity contribution is -0.139. The van der Waals surface area contributed by atoms with Gasteiger partial charge in [-0.2, -0.15) is 0 Å². The number of nitrogens with zero attached hydrogens (tertiary/aromatic N) is 1. The number of rotatable bonds is 9. The van der Waals surface area contributed by atoms with Gasteiger partial charge in [0.15, 0.2) is 0 Å². The van der Waals surface area contributed by atoms with E-state index in [1.165, 1.54) is 10.5 Å². The number of allylic oxidation sites excluding steroid dienone is 1. The van der Waals surface area contributed by atoms with Crippen molar-refractivity contribution in [3.05, 3.63) is 48.6 Å². The standard InChI is InChI=1S/C21H29NO2/c1-4-5-6-10-15-21(17(2)3,18-11-8-7-9-12-18)16-22-19(23)13-14-20(22)24/h4,7-9,11-12,17H,1,5-6,10,13-16H2,2-3H3. The summed E-state index contributed by atoms with van der Waals surface area (Å²) >= 11 is 0. The summed E-state index contributed by atoms with van der Waals surface area (Å²) in [5, 5.41) is 0. The fraction of sp³-hybridized carbons (Fsp3) is 0.524. The fourth-order valence-electron chi connectivity index (χ4n) is 3.70. The second-order valence-electron chi connectivity index (χ2n) is 7.08. The summed E-state index contributed by atoms with van der Waals surface area (Å²) in [6, 6.07) is 10.4. The van der Waals surface area contributed by atoms with Crippen LogP contribution < -0.4 is 0 Å². The molecule has 24 heavy (non-hydrogen) atoms. The van der Waals surface area contributed by atoms with Crippen molar-refractivity contribution in [3.63, 3.8) is 0 Å². The van der Waals surface area contributed by atoms with Crippen molar-refractivity contribution in [2.24, 2.45) is 5.92 Å². The number of hydrogen-bond donors (Lipinski definition) is 0. The van der Waals surface area contributed by atoms with Crippen molar-refractivity contribution in [1.29, 1.82) is 0 Å². The number of unbranched alkanes of at least 4 members (excludes halogenated alkanes) is 2. The first-order valence-corrected chi connectivity index (χ1v) is 9.01. The van der Waals surface area contributed by atoms with E-state index in [4.69, 9.17) is 0 Å². The van der Waals surface area contributed by atoms with E-state index >= 15 is 0 Å². The summed E-state index contributed by atoms with van der Waals surface area (Å²) in [7, 11) is 0. The summed E-state index contributed by atoms with van der Waals surface area (Å²) < 4.78 is 0. The first kappa shape index (κ1) is 18.4. The van der Waals surface area contributed by atoms with Crippen LogP contribution in [0, 0.1) is 5.92 Å². The molecule has 1 unspecified atom stereocenters. The molecule has 1 aliphatic heterocycles. The van der Waals surface area contributed by atoms with Crippen molar-refractivity contribution in [1.82, 2.24) is 4.90 Å². The van der Waals surface area contributed by atoms with Crippen LogP contribution in [-0.4, -0.2) is 23.3 Å². The number of hydrogen-bond acceptors (Lipinski definition) is 2. The Hall–Kier alpha value is -1.90. The molecule has 1 aliphatic rings. The molecule has 2 rings (SSSR count). The summed E-state index contributed by atoms with van der Waals surface area (Å²) in [5.41, 5.74) is 1.05. The van der Waals surface area contributed by atoms with Gasteiger partial charge >= 0.3 is 0 Å². The number of carbonyl (C=O) groups excluding carboxylic acids is 2. The van der Waals surface area contributed by atoms with Gasteiger partial charge in [0.1, 0.15) is 0 Å². The number of amides is 2. The van der Waals surface area contributed by atoms with Gasteiger partial charge in [0.2, 0.25) is 11.8 Å². The van der Waals surface area contributed by atoms with Gasteiger partial charge in [-0.15, -0.1) is 6.58 Å². The highest BCUT2D eigenvalue weighted by atomic mass is 16.2. The second kappa shape index (κ2) is 8.27. The topological polar surface area (TPSA) is 37.4 Å². The molecule has 0 radical (unpaired) electrons. The Bertz CT molecular complexity index is 563. The molecule has 1 atom stereocenters.